The monoisotopic (exact) mass is 378 g/mol. The first-order valence-electron chi connectivity index (χ1n) is 9.36. The van der Waals surface area contributed by atoms with E-state index in [2.05, 4.69) is 9.97 Å². The summed E-state index contributed by atoms with van der Waals surface area (Å²) >= 11 is 0. The van der Waals surface area contributed by atoms with Crippen LogP contribution in [0, 0.1) is 6.92 Å². The number of para-hydroxylation sites is 2. The highest BCUT2D eigenvalue weighted by Crippen LogP contribution is 2.20. The number of carbonyl (C=O) groups excluding carboxylic acids is 1. The lowest BCUT2D eigenvalue weighted by Gasteiger charge is -2.32. The molecule has 0 N–H and O–H groups in total. The number of aromatic nitrogens is 3. The first-order chi connectivity index (χ1) is 13.5. The van der Waals surface area contributed by atoms with Crippen molar-refractivity contribution in [3.05, 3.63) is 64.3 Å². The van der Waals surface area contributed by atoms with Crippen LogP contribution in [0.15, 0.2) is 47.4 Å². The van der Waals surface area contributed by atoms with Gasteiger partial charge in [0, 0.05) is 44.7 Å². The SMILES string of the molecule is Cc1cc(OC2CCN(C(=O)c3cnc4ccccc4n3)CC2)cc(=O)n1C. The van der Waals surface area contributed by atoms with Crippen molar-refractivity contribution in [3.8, 4) is 5.75 Å². The summed E-state index contributed by atoms with van der Waals surface area (Å²) < 4.78 is 7.57. The van der Waals surface area contributed by atoms with Gasteiger partial charge in [0.05, 0.1) is 17.2 Å². The highest BCUT2D eigenvalue weighted by atomic mass is 16.5. The number of likely N-dealkylation sites (tertiary alicyclic amines) is 1. The Kier molecular flexibility index (Phi) is 4.81. The van der Waals surface area contributed by atoms with Crippen LogP contribution in [0.3, 0.4) is 0 Å². The van der Waals surface area contributed by atoms with Gasteiger partial charge >= 0.3 is 0 Å². The molecule has 4 rings (SSSR count). The van der Waals surface area contributed by atoms with Gasteiger partial charge in [-0.1, -0.05) is 12.1 Å². The van der Waals surface area contributed by atoms with Gasteiger partial charge in [0.25, 0.3) is 11.5 Å². The smallest absolute Gasteiger partial charge is 0.274 e. The molecule has 0 radical (unpaired) electrons. The molecule has 28 heavy (non-hydrogen) atoms. The second-order valence-corrected chi connectivity index (χ2v) is 7.08. The van der Waals surface area contributed by atoms with Gasteiger partial charge in [-0.15, -0.1) is 0 Å². The Labute approximate surface area is 162 Å². The van der Waals surface area contributed by atoms with Crippen LogP contribution < -0.4 is 10.3 Å². The van der Waals surface area contributed by atoms with E-state index < -0.39 is 0 Å². The normalized spacial score (nSPS) is 15.0. The molecule has 1 amide bonds. The summed E-state index contributed by atoms with van der Waals surface area (Å²) in [5.41, 5.74) is 2.62. The van der Waals surface area contributed by atoms with Gasteiger partial charge in [-0.2, -0.15) is 0 Å². The van der Waals surface area contributed by atoms with Crippen molar-refractivity contribution in [2.24, 2.45) is 7.05 Å². The van der Waals surface area contributed by atoms with Crippen LogP contribution in [0.4, 0.5) is 0 Å². The molecule has 2 aromatic heterocycles. The lowest BCUT2D eigenvalue weighted by Crippen LogP contribution is -2.42. The second-order valence-electron chi connectivity index (χ2n) is 7.08. The standard InChI is InChI=1S/C21H22N4O3/c1-14-11-16(12-20(26)24(14)2)28-15-7-9-25(10-8-15)21(27)19-13-22-17-5-3-4-6-18(17)23-19/h3-6,11-13,15H,7-10H2,1-2H3. The molecule has 3 aromatic rings. The largest absolute Gasteiger partial charge is 0.490 e. The molecule has 3 heterocycles. The van der Waals surface area contributed by atoms with Crippen LogP contribution in [-0.2, 0) is 7.05 Å². The van der Waals surface area contributed by atoms with Crippen molar-refractivity contribution in [2.45, 2.75) is 25.9 Å². The maximum atomic E-state index is 12.8. The summed E-state index contributed by atoms with van der Waals surface area (Å²) in [5, 5.41) is 0. The maximum Gasteiger partial charge on any atom is 0.274 e. The van der Waals surface area contributed by atoms with Gasteiger partial charge in [-0.05, 0) is 25.1 Å². The highest BCUT2D eigenvalue weighted by molar-refractivity contribution is 5.93. The van der Waals surface area contributed by atoms with Crippen LogP contribution in [0.2, 0.25) is 0 Å². The van der Waals surface area contributed by atoms with Crippen LogP contribution in [-0.4, -0.2) is 44.5 Å². The Hall–Kier alpha value is -3.22. The molecule has 1 aliphatic rings. The number of carbonyl (C=O) groups is 1. The predicted octanol–water partition coefficient (Wildman–Crippen LogP) is 2.32. The minimum Gasteiger partial charge on any atom is -0.490 e. The van der Waals surface area contributed by atoms with E-state index in [1.165, 1.54) is 12.3 Å². The number of piperidine rings is 1. The van der Waals surface area contributed by atoms with E-state index in [9.17, 15) is 9.59 Å². The first-order valence-corrected chi connectivity index (χ1v) is 9.36. The van der Waals surface area contributed by atoms with Crippen LogP contribution >= 0.6 is 0 Å². The number of pyridine rings is 1. The average molecular weight is 378 g/mol. The number of fused-ring (bicyclic) bond motifs is 1. The Balaban J connectivity index is 1.40. The lowest BCUT2D eigenvalue weighted by atomic mass is 10.1. The molecule has 1 saturated heterocycles. The molecule has 0 aliphatic carbocycles. The van der Waals surface area contributed by atoms with Crippen LogP contribution in [0.25, 0.3) is 11.0 Å². The fourth-order valence-electron chi connectivity index (χ4n) is 3.40. The fraction of sp³-hybridized carbons (Fsp3) is 0.333. The minimum absolute atomic E-state index is 0.0155. The van der Waals surface area contributed by atoms with Crippen molar-refractivity contribution in [1.82, 2.24) is 19.4 Å². The highest BCUT2D eigenvalue weighted by Gasteiger charge is 2.26. The Morgan fingerprint density at radius 3 is 2.57 bits per heavy atom. The molecule has 0 spiro atoms. The van der Waals surface area contributed by atoms with Crippen LogP contribution in [0.1, 0.15) is 29.0 Å². The third kappa shape index (κ3) is 3.60. The summed E-state index contributed by atoms with van der Waals surface area (Å²) in [6.07, 6.45) is 2.94. The molecule has 7 heteroatoms. The number of amides is 1. The number of aryl methyl sites for hydroxylation is 1. The lowest BCUT2D eigenvalue weighted by molar-refractivity contribution is 0.0589. The summed E-state index contributed by atoms with van der Waals surface area (Å²) in [4.78, 5) is 35.2. The quantitative estimate of drug-likeness (QED) is 0.699. The zero-order valence-electron chi connectivity index (χ0n) is 16.0. The Bertz CT molecular complexity index is 1080. The number of nitrogens with zero attached hydrogens (tertiary/aromatic N) is 4. The average Bonchev–Trinajstić information content (AvgIpc) is 2.71. The number of hydrogen-bond acceptors (Lipinski definition) is 5. The number of rotatable bonds is 3. The Morgan fingerprint density at radius 1 is 1.14 bits per heavy atom. The second kappa shape index (κ2) is 7.42. The minimum atomic E-state index is -0.110. The van der Waals surface area contributed by atoms with E-state index in [1.807, 2.05) is 37.3 Å². The molecule has 1 aliphatic heterocycles. The summed E-state index contributed by atoms with van der Waals surface area (Å²) in [5.74, 6) is 0.479. The zero-order chi connectivity index (χ0) is 19.7. The molecular formula is C21H22N4O3. The third-order valence-corrected chi connectivity index (χ3v) is 5.18. The van der Waals surface area contributed by atoms with E-state index >= 15 is 0 Å². The van der Waals surface area contributed by atoms with E-state index in [1.54, 1.807) is 16.5 Å². The molecular weight excluding hydrogens is 356 g/mol. The van der Waals surface area contributed by atoms with Gasteiger partial charge in [0.1, 0.15) is 17.5 Å². The van der Waals surface area contributed by atoms with Crippen molar-refractivity contribution in [2.75, 3.05) is 13.1 Å². The first kappa shape index (κ1) is 18.2. The summed E-state index contributed by atoms with van der Waals surface area (Å²) in [6.45, 7) is 3.05. The Morgan fingerprint density at radius 2 is 1.86 bits per heavy atom. The van der Waals surface area contributed by atoms with Gasteiger partial charge < -0.3 is 14.2 Å². The van der Waals surface area contributed by atoms with Crippen molar-refractivity contribution in [1.29, 1.82) is 0 Å². The topological polar surface area (TPSA) is 77.3 Å². The van der Waals surface area contributed by atoms with Gasteiger partial charge in [0.15, 0.2) is 0 Å². The van der Waals surface area contributed by atoms with Gasteiger partial charge in [-0.25, -0.2) is 4.98 Å². The number of ether oxygens (including phenoxy) is 1. The number of benzene rings is 1. The molecule has 0 atom stereocenters. The van der Waals surface area contributed by atoms with Gasteiger partial charge in [-0.3, -0.25) is 14.6 Å². The molecule has 1 aromatic carbocycles. The van der Waals surface area contributed by atoms with Crippen molar-refractivity contribution < 1.29 is 9.53 Å². The van der Waals surface area contributed by atoms with Gasteiger partial charge in [0.2, 0.25) is 0 Å². The molecule has 1 fully saturated rings. The third-order valence-electron chi connectivity index (χ3n) is 5.18. The predicted molar refractivity (Wildman–Crippen MR) is 106 cm³/mol. The van der Waals surface area contributed by atoms with E-state index in [4.69, 9.17) is 4.74 Å². The summed E-state index contributed by atoms with van der Waals surface area (Å²) in [6, 6.07) is 10.9. The molecule has 0 unspecified atom stereocenters. The molecule has 0 bridgehead atoms. The molecule has 7 nitrogen and oxygen atoms in total. The molecule has 144 valence electrons. The van der Waals surface area contributed by atoms with Crippen molar-refractivity contribution >= 4 is 16.9 Å². The molecule has 0 saturated carbocycles. The summed E-state index contributed by atoms with van der Waals surface area (Å²) in [7, 11) is 1.74. The zero-order valence-corrected chi connectivity index (χ0v) is 16.0. The maximum absolute atomic E-state index is 12.8. The van der Waals surface area contributed by atoms with E-state index in [0.717, 1.165) is 11.2 Å². The fourth-order valence-corrected chi connectivity index (χ4v) is 3.40. The number of hydrogen-bond donors (Lipinski definition) is 0. The van der Waals surface area contributed by atoms with E-state index in [-0.39, 0.29) is 17.6 Å². The van der Waals surface area contributed by atoms with Crippen molar-refractivity contribution in [3.63, 3.8) is 0 Å². The van der Waals surface area contributed by atoms with E-state index in [0.29, 0.717) is 42.9 Å². The van der Waals surface area contributed by atoms with Crippen LogP contribution in [0.5, 0.6) is 5.75 Å².